The third-order valence-electron chi connectivity index (χ3n) is 5.33. The van der Waals surface area contributed by atoms with Gasteiger partial charge in [-0.1, -0.05) is 0 Å². The lowest BCUT2D eigenvalue weighted by atomic mass is 9.96. The average molecular weight is 387 g/mol. The van der Waals surface area contributed by atoms with E-state index in [2.05, 4.69) is 4.98 Å². The molecule has 0 bridgehead atoms. The average Bonchev–Trinajstić information content (AvgIpc) is 3.20. The molecule has 142 valence electrons. The molecular weight excluding hydrogens is 366 g/mol. The molecule has 3 heterocycles. The smallest absolute Gasteiger partial charge is 0.341 e. The Kier molecular flexibility index (Phi) is 4.59. The van der Waals surface area contributed by atoms with Gasteiger partial charge >= 0.3 is 5.97 Å². The van der Waals surface area contributed by atoms with E-state index >= 15 is 0 Å². The second-order valence-electron chi connectivity index (χ2n) is 7.08. The summed E-state index contributed by atoms with van der Waals surface area (Å²) in [5, 5.41) is 10.6. The minimum atomic E-state index is -1.20. The van der Waals surface area contributed by atoms with Crippen LogP contribution in [0.25, 0.3) is 0 Å². The predicted octanol–water partition coefficient (Wildman–Crippen LogP) is 1.64. The van der Waals surface area contributed by atoms with E-state index in [9.17, 15) is 19.5 Å². The van der Waals surface area contributed by atoms with E-state index in [-0.39, 0.29) is 11.5 Å². The normalized spacial score (nSPS) is 15.5. The maximum absolute atomic E-state index is 12.7. The molecule has 0 aromatic carbocycles. The molecule has 0 spiro atoms. The number of carboxylic acids is 1. The summed E-state index contributed by atoms with van der Waals surface area (Å²) in [7, 11) is 0. The first kappa shape index (κ1) is 17.9. The number of amides is 1. The van der Waals surface area contributed by atoms with Gasteiger partial charge in [0.15, 0.2) is 0 Å². The molecule has 0 fully saturated rings. The fraction of sp³-hybridized carbons (Fsp3) is 0.474. The lowest BCUT2D eigenvalue weighted by molar-refractivity contribution is -0.129. The fourth-order valence-electron chi connectivity index (χ4n) is 3.93. The Morgan fingerprint density at radius 2 is 2.11 bits per heavy atom. The number of carbonyl (C=O) groups excluding carboxylic acids is 1. The number of nitrogens with zero attached hydrogens (tertiary/aromatic N) is 3. The molecule has 27 heavy (non-hydrogen) atoms. The van der Waals surface area contributed by atoms with Gasteiger partial charge in [-0.3, -0.25) is 9.59 Å². The molecule has 0 radical (unpaired) electrons. The summed E-state index contributed by atoms with van der Waals surface area (Å²) >= 11 is 1.69. The molecule has 7 nitrogen and oxygen atoms in total. The van der Waals surface area contributed by atoms with Crippen LogP contribution in [0.3, 0.4) is 0 Å². The number of pyridine rings is 1. The van der Waals surface area contributed by atoms with Gasteiger partial charge < -0.3 is 14.6 Å². The van der Waals surface area contributed by atoms with Crippen molar-refractivity contribution in [1.29, 1.82) is 0 Å². The first-order valence-corrected chi connectivity index (χ1v) is 9.97. The highest BCUT2D eigenvalue weighted by molar-refractivity contribution is 7.11. The Morgan fingerprint density at radius 3 is 2.81 bits per heavy atom. The minimum absolute atomic E-state index is 0.0485. The number of carbonyl (C=O) groups is 2. The summed E-state index contributed by atoms with van der Waals surface area (Å²) in [5.74, 6) is -1.25. The molecule has 1 amide bonds. The van der Waals surface area contributed by atoms with E-state index in [1.807, 2.05) is 0 Å². The number of hydrogen-bond acceptors (Lipinski definition) is 5. The van der Waals surface area contributed by atoms with Gasteiger partial charge in [0.05, 0.1) is 10.7 Å². The molecule has 1 aliphatic heterocycles. The molecule has 2 aromatic heterocycles. The molecular formula is C19H21N3O4S. The Hall–Kier alpha value is -2.48. The van der Waals surface area contributed by atoms with Gasteiger partial charge in [0.2, 0.25) is 5.91 Å². The van der Waals surface area contributed by atoms with Gasteiger partial charge in [0, 0.05) is 44.1 Å². The predicted molar refractivity (Wildman–Crippen MR) is 100 cm³/mol. The molecule has 8 heteroatoms. The van der Waals surface area contributed by atoms with Crippen LogP contribution in [-0.2, 0) is 43.6 Å². The third kappa shape index (κ3) is 3.29. The monoisotopic (exact) mass is 387 g/mol. The van der Waals surface area contributed by atoms with Crippen LogP contribution in [0.1, 0.15) is 50.4 Å². The van der Waals surface area contributed by atoms with E-state index in [0.29, 0.717) is 38.0 Å². The standard InChI is InChI=1S/C19H21N3O4S/c1-11(23)21-7-5-13-12(9-21)10-22(18(24)17(13)19(25)26)8-6-16-20-14-3-2-4-15(14)27-16/h10H,2-9H2,1H3,(H,25,26). The number of thiazole rings is 1. The van der Waals surface area contributed by atoms with Crippen LogP contribution in [-0.4, -0.2) is 38.0 Å². The van der Waals surface area contributed by atoms with Crippen molar-refractivity contribution >= 4 is 23.2 Å². The van der Waals surface area contributed by atoms with Crippen molar-refractivity contribution in [2.75, 3.05) is 6.54 Å². The topological polar surface area (TPSA) is 92.5 Å². The van der Waals surface area contributed by atoms with E-state index in [1.54, 1.807) is 22.4 Å². The van der Waals surface area contributed by atoms with Crippen LogP contribution in [0.4, 0.5) is 0 Å². The quantitative estimate of drug-likeness (QED) is 0.861. The number of fused-ring (bicyclic) bond motifs is 2. The molecule has 0 saturated heterocycles. The second kappa shape index (κ2) is 6.92. The van der Waals surface area contributed by atoms with Crippen molar-refractivity contribution in [2.24, 2.45) is 0 Å². The van der Waals surface area contributed by atoms with Crippen LogP contribution in [0, 0.1) is 0 Å². The highest BCUT2D eigenvalue weighted by atomic mass is 32.1. The van der Waals surface area contributed by atoms with Crippen LogP contribution >= 0.6 is 11.3 Å². The second-order valence-corrected chi connectivity index (χ2v) is 8.25. The first-order chi connectivity index (χ1) is 12.9. The molecule has 0 atom stereocenters. The number of hydrogen-bond donors (Lipinski definition) is 1. The lowest BCUT2D eigenvalue weighted by Crippen LogP contribution is -2.38. The Bertz CT molecular complexity index is 970. The summed E-state index contributed by atoms with van der Waals surface area (Å²) < 4.78 is 1.47. The Labute approximate surface area is 160 Å². The SMILES string of the molecule is CC(=O)N1CCc2c(cn(CCc3nc4c(s3)CCC4)c(=O)c2C(=O)O)C1. The van der Waals surface area contributed by atoms with Crippen molar-refractivity contribution in [3.8, 4) is 0 Å². The zero-order valence-electron chi connectivity index (χ0n) is 15.2. The fourth-order valence-corrected chi connectivity index (χ4v) is 5.08. The van der Waals surface area contributed by atoms with Gasteiger partial charge in [-0.05, 0) is 36.8 Å². The van der Waals surface area contributed by atoms with Crippen molar-refractivity contribution < 1.29 is 14.7 Å². The molecule has 1 aliphatic carbocycles. The number of aromatic carboxylic acids is 1. The highest BCUT2D eigenvalue weighted by Crippen LogP contribution is 2.28. The van der Waals surface area contributed by atoms with Gasteiger partial charge in [-0.15, -0.1) is 11.3 Å². The van der Waals surface area contributed by atoms with Crippen molar-refractivity contribution in [2.45, 2.75) is 52.1 Å². The number of carboxylic acid groups (broad SMARTS) is 1. The number of aryl methyl sites for hydroxylation is 4. The van der Waals surface area contributed by atoms with Crippen LogP contribution in [0.15, 0.2) is 11.0 Å². The van der Waals surface area contributed by atoms with Crippen LogP contribution < -0.4 is 5.56 Å². The van der Waals surface area contributed by atoms with Gasteiger partial charge in [-0.2, -0.15) is 0 Å². The van der Waals surface area contributed by atoms with Crippen LogP contribution in [0.2, 0.25) is 0 Å². The van der Waals surface area contributed by atoms with Crippen LogP contribution in [0.5, 0.6) is 0 Å². The van der Waals surface area contributed by atoms with E-state index < -0.39 is 11.5 Å². The van der Waals surface area contributed by atoms with Crippen molar-refractivity contribution in [1.82, 2.24) is 14.5 Å². The van der Waals surface area contributed by atoms with E-state index in [1.165, 1.54) is 22.1 Å². The molecule has 0 saturated carbocycles. The largest absolute Gasteiger partial charge is 0.477 e. The van der Waals surface area contributed by atoms with E-state index in [0.717, 1.165) is 29.8 Å². The summed E-state index contributed by atoms with van der Waals surface area (Å²) in [6, 6.07) is 0. The minimum Gasteiger partial charge on any atom is -0.477 e. The van der Waals surface area contributed by atoms with Crippen molar-refractivity contribution in [3.05, 3.63) is 48.8 Å². The van der Waals surface area contributed by atoms with Gasteiger partial charge in [0.25, 0.3) is 5.56 Å². The van der Waals surface area contributed by atoms with Gasteiger partial charge in [0.1, 0.15) is 5.56 Å². The van der Waals surface area contributed by atoms with E-state index in [4.69, 9.17) is 0 Å². The number of aromatic nitrogens is 2. The highest BCUT2D eigenvalue weighted by Gasteiger charge is 2.27. The zero-order valence-corrected chi connectivity index (χ0v) is 16.0. The Balaban J connectivity index is 1.64. The summed E-state index contributed by atoms with van der Waals surface area (Å²) in [5.41, 5.74) is 1.86. The molecule has 1 N–H and O–H groups in total. The van der Waals surface area contributed by atoms with Crippen molar-refractivity contribution in [3.63, 3.8) is 0 Å². The first-order valence-electron chi connectivity index (χ1n) is 9.15. The van der Waals surface area contributed by atoms with Gasteiger partial charge in [-0.25, -0.2) is 9.78 Å². The molecule has 2 aromatic rings. The Morgan fingerprint density at radius 1 is 1.30 bits per heavy atom. The lowest BCUT2D eigenvalue weighted by Gasteiger charge is -2.29. The molecule has 4 rings (SSSR count). The molecule has 2 aliphatic rings. The third-order valence-corrected chi connectivity index (χ3v) is 6.55. The summed E-state index contributed by atoms with van der Waals surface area (Å²) in [4.78, 5) is 43.8. The summed E-state index contributed by atoms with van der Waals surface area (Å²) in [6.45, 7) is 2.67. The summed E-state index contributed by atoms with van der Waals surface area (Å²) in [6.07, 6.45) is 5.98. The zero-order chi connectivity index (χ0) is 19.1. The maximum atomic E-state index is 12.7. The molecule has 0 unspecified atom stereocenters. The number of rotatable bonds is 4. The maximum Gasteiger partial charge on any atom is 0.341 e.